The fourth-order valence-corrected chi connectivity index (χ4v) is 2.28. The fourth-order valence-electron chi connectivity index (χ4n) is 2.16. The molecule has 19 heavy (non-hydrogen) atoms. The van der Waals surface area contributed by atoms with E-state index in [0.717, 1.165) is 22.3 Å². The van der Waals surface area contributed by atoms with Crippen molar-refractivity contribution in [3.05, 3.63) is 46.5 Å². The number of nitrogens with one attached hydrogen (secondary N) is 1. The Morgan fingerprint density at radius 3 is 2.74 bits per heavy atom. The number of halogens is 2. The summed E-state index contributed by atoms with van der Waals surface area (Å²) in [4.78, 5) is 11.9. The van der Waals surface area contributed by atoms with Crippen molar-refractivity contribution in [2.24, 2.45) is 0 Å². The van der Waals surface area contributed by atoms with Crippen molar-refractivity contribution in [2.75, 3.05) is 0 Å². The minimum atomic E-state index is -0.469. The van der Waals surface area contributed by atoms with Crippen molar-refractivity contribution in [1.29, 1.82) is 0 Å². The molecule has 0 aliphatic heterocycles. The SMILES string of the molecule is Cc1c[nH]c2nc(-c3ccc(Cl)c(F)c3)nc(C)c12. The molecule has 5 heteroatoms. The highest BCUT2D eigenvalue weighted by atomic mass is 35.5. The highest BCUT2D eigenvalue weighted by molar-refractivity contribution is 6.30. The van der Waals surface area contributed by atoms with Gasteiger partial charge < -0.3 is 4.98 Å². The zero-order chi connectivity index (χ0) is 13.6. The van der Waals surface area contributed by atoms with Crippen LogP contribution in [0.2, 0.25) is 5.02 Å². The van der Waals surface area contributed by atoms with Gasteiger partial charge in [0.15, 0.2) is 5.82 Å². The molecule has 0 aliphatic rings. The summed E-state index contributed by atoms with van der Waals surface area (Å²) in [6.45, 7) is 3.91. The predicted molar refractivity (Wildman–Crippen MR) is 73.8 cm³/mol. The first kappa shape index (κ1) is 12.1. The number of H-pyrrole nitrogens is 1. The maximum atomic E-state index is 13.5. The zero-order valence-electron chi connectivity index (χ0n) is 10.5. The highest BCUT2D eigenvalue weighted by Crippen LogP contribution is 2.25. The minimum Gasteiger partial charge on any atom is -0.346 e. The third-order valence-corrected chi connectivity index (χ3v) is 3.39. The van der Waals surface area contributed by atoms with Gasteiger partial charge in [-0.2, -0.15) is 0 Å². The number of hydrogen-bond acceptors (Lipinski definition) is 2. The van der Waals surface area contributed by atoms with E-state index >= 15 is 0 Å². The lowest BCUT2D eigenvalue weighted by atomic mass is 10.1. The largest absolute Gasteiger partial charge is 0.346 e. The minimum absolute atomic E-state index is 0.0947. The Balaban J connectivity index is 2.22. The van der Waals surface area contributed by atoms with E-state index in [1.807, 2.05) is 20.0 Å². The van der Waals surface area contributed by atoms with E-state index in [1.165, 1.54) is 12.1 Å². The molecule has 2 heterocycles. The van der Waals surface area contributed by atoms with Crippen molar-refractivity contribution in [1.82, 2.24) is 15.0 Å². The molecule has 96 valence electrons. The average molecular weight is 276 g/mol. The normalized spacial score (nSPS) is 11.2. The molecule has 1 aromatic carbocycles. The number of rotatable bonds is 1. The van der Waals surface area contributed by atoms with E-state index in [2.05, 4.69) is 15.0 Å². The topological polar surface area (TPSA) is 41.6 Å². The van der Waals surface area contributed by atoms with Gasteiger partial charge in [-0.05, 0) is 37.6 Å². The van der Waals surface area contributed by atoms with Gasteiger partial charge in [0.1, 0.15) is 11.5 Å². The lowest BCUT2D eigenvalue weighted by Gasteiger charge is -2.04. The van der Waals surface area contributed by atoms with Crippen LogP contribution in [0.5, 0.6) is 0 Å². The number of aromatic amines is 1. The van der Waals surface area contributed by atoms with Gasteiger partial charge in [-0.1, -0.05) is 11.6 Å². The van der Waals surface area contributed by atoms with Gasteiger partial charge in [0.05, 0.1) is 10.7 Å². The second kappa shape index (κ2) is 4.31. The predicted octanol–water partition coefficient (Wildman–Crippen LogP) is 4.03. The summed E-state index contributed by atoms with van der Waals surface area (Å²) in [5.74, 6) is 0.0191. The molecule has 0 saturated carbocycles. The molecule has 0 aliphatic carbocycles. The van der Waals surface area contributed by atoms with Crippen LogP contribution in [0.25, 0.3) is 22.4 Å². The number of aryl methyl sites for hydroxylation is 2. The Hall–Kier alpha value is -1.94. The molecule has 0 bridgehead atoms. The summed E-state index contributed by atoms with van der Waals surface area (Å²) in [5, 5.41) is 1.11. The summed E-state index contributed by atoms with van der Waals surface area (Å²) in [6, 6.07) is 4.57. The zero-order valence-corrected chi connectivity index (χ0v) is 11.2. The second-order valence-electron chi connectivity index (χ2n) is 4.46. The van der Waals surface area contributed by atoms with Crippen LogP contribution < -0.4 is 0 Å². The summed E-state index contributed by atoms with van der Waals surface area (Å²) < 4.78 is 13.5. The van der Waals surface area contributed by atoms with Crippen molar-refractivity contribution >= 4 is 22.6 Å². The van der Waals surface area contributed by atoms with E-state index in [4.69, 9.17) is 11.6 Å². The molecular weight excluding hydrogens is 265 g/mol. The number of hydrogen-bond donors (Lipinski definition) is 1. The quantitative estimate of drug-likeness (QED) is 0.728. The Kier molecular flexibility index (Phi) is 2.75. The van der Waals surface area contributed by atoms with Gasteiger partial charge in [-0.3, -0.25) is 0 Å². The van der Waals surface area contributed by atoms with E-state index in [1.54, 1.807) is 6.07 Å². The maximum Gasteiger partial charge on any atom is 0.161 e. The molecule has 0 fully saturated rings. The average Bonchev–Trinajstić information content (AvgIpc) is 2.75. The van der Waals surface area contributed by atoms with Gasteiger partial charge in [0.25, 0.3) is 0 Å². The number of nitrogens with zero attached hydrogens (tertiary/aromatic N) is 2. The molecule has 2 aromatic heterocycles. The summed E-state index contributed by atoms with van der Waals surface area (Å²) in [6.07, 6.45) is 1.89. The first-order valence-corrected chi connectivity index (χ1v) is 6.22. The Morgan fingerprint density at radius 2 is 2.00 bits per heavy atom. The van der Waals surface area contributed by atoms with Crippen LogP contribution in [0.15, 0.2) is 24.4 Å². The van der Waals surface area contributed by atoms with Crippen LogP contribution in [0.3, 0.4) is 0 Å². The molecule has 0 unspecified atom stereocenters. The molecule has 0 saturated heterocycles. The van der Waals surface area contributed by atoms with Crippen LogP contribution in [0.4, 0.5) is 4.39 Å². The third-order valence-electron chi connectivity index (χ3n) is 3.09. The molecule has 0 amide bonds. The van der Waals surface area contributed by atoms with E-state index in [0.29, 0.717) is 11.4 Å². The second-order valence-corrected chi connectivity index (χ2v) is 4.86. The van der Waals surface area contributed by atoms with Crippen molar-refractivity contribution in [3.8, 4) is 11.4 Å². The van der Waals surface area contributed by atoms with Gasteiger partial charge in [0.2, 0.25) is 0 Å². The van der Waals surface area contributed by atoms with Gasteiger partial charge in [0, 0.05) is 17.1 Å². The van der Waals surface area contributed by atoms with Crippen LogP contribution in [0.1, 0.15) is 11.3 Å². The summed E-state index contributed by atoms with van der Waals surface area (Å²) >= 11 is 5.68. The van der Waals surface area contributed by atoms with E-state index < -0.39 is 5.82 Å². The van der Waals surface area contributed by atoms with Gasteiger partial charge >= 0.3 is 0 Å². The Labute approximate surface area is 114 Å². The molecule has 3 rings (SSSR count). The van der Waals surface area contributed by atoms with Crippen LogP contribution in [0, 0.1) is 19.7 Å². The summed E-state index contributed by atoms with van der Waals surface area (Å²) in [5.41, 5.74) is 3.34. The Morgan fingerprint density at radius 1 is 1.21 bits per heavy atom. The van der Waals surface area contributed by atoms with Crippen molar-refractivity contribution in [2.45, 2.75) is 13.8 Å². The number of benzene rings is 1. The van der Waals surface area contributed by atoms with Crippen molar-refractivity contribution in [3.63, 3.8) is 0 Å². The number of aromatic nitrogens is 3. The molecule has 3 nitrogen and oxygen atoms in total. The maximum absolute atomic E-state index is 13.5. The van der Waals surface area contributed by atoms with Crippen LogP contribution in [-0.4, -0.2) is 15.0 Å². The smallest absolute Gasteiger partial charge is 0.161 e. The molecule has 0 radical (unpaired) electrons. The standard InChI is InChI=1S/C14H11ClFN3/c1-7-6-17-14-12(7)8(2)18-13(19-14)9-3-4-10(15)11(16)5-9/h3-6H,1-2H3,(H,17,18,19). The van der Waals surface area contributed by atoms with Crippen LogP contribution in [-0.2, 0) is 0 Å². The molecule has 0 atom stereocenters. The Bertz CT molecular complexity index is 780. The first-order valence-electron chi connectivity index (χ1n) is 5.84. The molecular formula is C14H11ClFN3. The number of fused-ring (bicyclic) bond motifs is 1. The summed E-state index contributed by atoms with van der Waals surface area (Å²) in [7, 11) is 0. The molecule has 0 spiro atoms. The van der Waals surface area contributed by atoms with E-state index in [-0.39, 0.29) is 5.02 Å². The lowest BCUT2D eigenvalue weighted by Crippen LogP contribution is -1.94. The van der Waals surface area contributed by atoms with Crippen LogP contribution >= 0.6 is 11.6 Å². The highest BCUT2D eigenvalue weighted by Gasteiger charge is 2.11. The molecule has 1 N–H and O–H groups in total. The first-order chi connectivity index (χ1) is 9.06. The third kappa shape index (κ3) is 1.98. The lowest BCUT2D eigenvalue weighted by molar-refractivity contribution is 0.628. The molecule has 3 aromatic rings. The van der Waals surface area contributed by atoms with Crippen molar-refractivity contribution < 1.29 is 4.39 Å². The fraction of sp³-hybridized carbons (Fsp3) is 0.143. The monoisotopic (exact) mass is 275 g/mol. The van der Waals surface area contributed by atoms with Gasteiger partial charge in [-0.25, -0.2) is 14.4 Å². The van der Waals surface area contributed by atoms with Gasteiger partial charge in [-0.15, -0.1) is 0 Å². The van der Waals surface area contributed by atoms with E-state index in [9.17, 15) is 4.39 Å².